The zero-order valence-corrected chi connectivity index (χ0v) is 19.6. The monoisotopic (exact) mass is 513 g/mol. The fourth-order valence-electron chi connectivity index (χ4n) is 5.16. The average Bonchev–Trinajstić information content (AvgIpc) is 3.31. The summed E-state index contributed by atoms with van der Waals surface area (Å²) in [6.45, 7) is 0.125. The number of hydrogen-bond acceptors (Lipinski definition) is 5. The molecule has 3 aliphatic rings. The molecule has 1 N–H and O–H groups in total. The number of likely N-dealkylation sites (tertiary alicyclic amines) is 1. The van der Waals surface area contributed by atoms with Crippen molar-refractivity contribution >= 4 is 23.6 Å². The number of rotatable bonds is 6. The molecule has 0 unspecified atom stereocenters. The van der Waals surface area contributed by atoms with Crippen molar-refractivity contribution in [2.45, 2.75) is 44.8 Å². The van der Waals surface area contributed by atoms with Gasteiger partial charge in [0, 0.05) is 43.7 Å². The van der Waals surface area contributed by atoms with Crippen molar-refractivity contribution in [3.63, 3.8) is 0 Å². The number of nitrogens with zero attached hydrogens (tertiary/aromatic N) is 5. The highest BCUT2D eigenvalue weighted by Gasteiger charge is 2.52. The van der Waals surface area contributed by atoms with Crippen LogP contribution >= 0.6 is 11.6 Å². The molecule has 2 amide bonds. The number of amides is 2. The average molecular weight is 514 g/mol. The Hall–Kier alpha value is -3.02. The minimum atomic E-state index is -2.87. The third kappa shape index (κ3) is 4.17. The zero-order chi connectivity index (χ0) is 25.1. The van der Waals surface area contributed by atoms with Crippen molar-refractivity contribution < 1.29 is 32.6 Å². The van der Waals surface area contributed by atoms with Crippen LogP contribution in [0.5, 0.6) is 5.75 Å². The Morgan fingerprint density at radius 2 is 2.14 bits per heavy atom. The molecule has 188 valence electrons. The normalized spacial score (nSPS) is 20.6. The summed E-state index contributed by atoms with van der Waals surface area (Å²) in [6, 6.07) is 0.127. The lowest BCUT2D eigenvalue weighted by atomic mass is 9.91. The van der Waals surface area contributed by atoms with Gasteiger partial charge in [-0.1, -0.05) is 16.8 Å². The second-order valence-electron chi connectivity index (χ2n) is 9.39. The molecule has 1 spiro atoms. The highest BCUT2D eigenvalue weighted by atomic mass is 35.5. The van der Waals surface area contributed by atoms with Crippen molar-refractivity contribution in [1.29, 1.82) is 0 Å². The first kappa shape index (κ1) is 23.7. The van der Waals surface area contributed by atoms with Gasteiger partial charge in [0.05, 0.1) is 6.04 Å². The Kier molecular flexibility index (Phi) is 5.81. The predicted octanol–water partition coefficient (Wildman–Crippen LogP) is 3.71. The standard InChI is InChI=1S/C22H23ClF3N5O4/c1-29-18(20(25)26)14(27-28-29)9-35-19-13(24)6-12(23)11-2-5-31(21(33)34)15(17(11)19)8-30-10-22(3-4-22)7-16(30)32/h6,15,20H,2-5,7-10H2,1H3,(H,33,34)/t15-/m1/s1. The molecule has 1 saturated heterocycles. The molecule has 35 heavy (non-hydrogen) atoms. The maximum atomic E-state index is 15.2. The van der Waals surface area contributed by atoms with Gasteiger partial charge in [-0.25, -0.2) is 22.6 Å². The van der Waals surface area contributed by atoms with E-state index in [9.17, 15) is 23.5 Å². The maximum Gasteiger partial charge on any atom is 0.407 e. The van der Waals surface area contributed by atoms with Crippen molar-refractivity contribution in [2.75, 3.05) is 19.6 Å². The number of carboxylic acid groups (broad SMARTS) is 1. The summed E-state index contributed by atoms with van der Waals surface area (Å²) < 4.78 is 48.6. The number of aromatic nitrogens is 3. The van der Waals surface area contributed by atoms with Crippen LogP contribution in [-0.2, 0) is 24.9 Å². The van der Waals surface area contributed by atoms with Crippen molar-refractivity contribution in [3.8, 4) is 5.75 Å². The summed E-state index contributed by atoms with van der Waals surface area (Å²) in [5.41, 5.74) is 0.0363. The Morgan fingerprint density at radius 1 is 1.40 bits per heavy atom. The van der Waals surface area contributed by atoms with Gasteiger partial charge in [0.2, 0.25) is 5.91 Å². The van der Waals surface area contributed by atoms with E-state index in [-0.39, 0.29) is 52.9 Å². The molecule has 0 radical (unpaired) electrons. The topological polar surface area (TPSA) is 101 Å². The van der Waals surface area contributed by atoms with Crippen molar-refractivity contribution in [2.24, 2.45) is 12.5 Å². The fraction of sp³-hybridized carbons (Fsp3) is 0.545. The molecule has 1 aliphatic carbocycles. The minimum absolute atomic E-state index is 0.0173. The third-order valence-corrected chi connectivity index (χ3v) is 7.48. The van der Waals surface area contributed by atoms with E-state index in [4.69, 9.17) is 16.3 Å². The predicted molar refractivity (Wildman–Crippen MR) is 116 cm³/mol. The largest absolute Gasteiger partial charge is 0.484 e. The van der Waals surface area contributed by atoms with Crippen LogP contribution in [0.3, 0.4) is 0 Å². The molecular weight excluding hydrogens is 491 g/mol. The van der Waals surface area contributed by atoms with Crippen LogP contribution in [0, 0.1) is 11.2 Å². The lowest BCUT2D eigenvalue weighted by Gasteiger charge is -2.38. The molecule has 0 bridgehead atoms. The van der Waals surface area contributed by atoms with Gasteiger partial charge < -0.3 is 14.7 Å². The van der Waals surface area contributed by atoms with Gasteiger partial charge in [0.25, 0.3) is 6.43 Å². The molecule has 1 saturated carbocycles. The summed E-state index contributed by atoms with van der Waals surface area (Å²) in [6.07, 6.45) is -1.59. The van der Waals surface area contributed by atoms with Crippen LogP contribution in [0.1, 0.15) is 54.2 Å². The van der Waals surface area contributed by atoms with Gasteiger partial charge in [-0.2, -0.15) is 0 Å². The Bertz CT molecular complexity index is 1200. The lowest BCUT2D eigenvalue weighted by Crippen LogP contribution is -2.45. The van der Waals surface area contributed by atoms with Crippen LogP contribution in [0.25, 0.3) is 0 Å². The summed E-state index contributed by atoms with van der Waals surface area (Å²) in [5.74, 6) is -1.23. The Balaban J connectivity index is 1.52. The van der Waals surface area contributed by atoms with Crippen LogP contribution in [0.15, 0.2) is 6.07 Å². The van der Waals surface area contributed by atoms with Crippen LogP contribution in [0.2, 0.25) is 5.02 Å². The van der Waals surface area contributed by atoms with E-state index in [0.29, 0.717) is 18.5 Å². The molecular formula is C22H23ClF3N5O4. The molecule has 5 rings (SSSR count). The van der Waals surface area contributed by atoms with Gasteiger partial charge in [-0.15, -0.1) is 5.10 Å². The quantitative estimate of drug-likeness (QED) is 0.632. The van der Waals surface area contributed by atoms with Crippen LogP contribution < -0.4 is 4.74 Å². The van der Waals surface area contributed by atoms with E-state index in [1.165, 1.54) is 7.05 Å². The molecule has 3 heterocycles. The van der Waals surface area contributed by atoms with Gasteiger partial charge >= 0.3 is 6.09 Å². The Labute approximate surface area is 203 Å². The van der Waals surface area contributed by atoms with Gasteiger partial charge in [0.15, 0.2) is 11.6 Å². The number of fused-ring (bicyclic) bond motifs is 1. The number of carbonyl (C=O) groups excluding carboxylic acids is 1. The molecule has 1 aromatic heterocycles. The Morgan fingerprint density at radius 3 is 2.77 bits per heavy atom. The second-order valence-corrected chi connectivity index (χ2v) is 9.80. The first-order valence-electron chi connectivity index (χ1n) is 11.2. The van der Waals surface area contributed by atoms with E-state index in [1.807, 2.05) is 0 Å². The second kappa shape index (κ2) is 8.58. The van der Waals surface area contributed by atoms with Crippen LogP contribution in [0.4, 0.5) is 18.0 Å². The fourth-order valence-corrected chi connectivity index (χ4v) is 5.45. The number of benzene rings is 1. The van der Waals surface area contributed by atoms with E-state index in [0.717, 1.165) is 28.5 Å². The van der Waals surface area contributed by atoms with E-state index >= 15 is 4.39 Å². The first-order chi connectivity index (χ1) is 16.6. The van der Waals surface area contributed by atoms with Gasteiger partial charge in [-0.3, -0.25) is 9.69 Å². The number of carbonyl (C=O) groups is 2. The summed E-state index contributed by atoms with van der Waals surface area (Å²) in [5, 5.41) is 17.3. The molecule has 2 aromatic rings. The third-order valence-electron chi connectivity index (χ3n) is 7.15. The number of halogens is 4. The number of hydrogen-bond donors (Lipinski definition) is 1. The number of aryl methyl sites for hydroxylation is 1. The minimum Gasteiger partial charge on any atom is -0.484 e. The van der Waals surface area contributed by atoms with E-state index in [2.05, 4.69) is 10.3 Å². The molecule has 9 nitrogen and oxygen atoms in total. The number of alkyl halides is 2. The zero-order valence-electron chi connectivity index (χ0n) is 18.8. The molecule has 2 aliphatic heterocycles. The first-order valence-corrected chi connectivity index (χ1v) is 11.6. The van der Waals surface area contributed by atoms with E-state index in [1.54, 1.807) is 4.90 Å². The molecule has 2 fully saturated rings. The summed E-state index contributed by atoms with van der Waals surface area (Å²) >= 11 is 6.33. The van der Waals surface area contributed by atoms with Crippen LogP contribution in [-0.4, -0.2) is 61.5 Å². The summed E-state index contributed by atoms with van der Waals surface area (Å²) in [4.78, 5) is 27.5. The smallest absolute Gasteiger partial charge is 0.407 e. The lowest BCUT2D eigenvalue weighted by molar-refractivity contribution is -0.128. The van der Waals surface area contributed by atoms with E-state index < -0.39 is 36.7 Å². The number of ether oxygens (including phenoxy) is 1. The highest BCUT2D eigenvalue weighted by molar-refractivity contribution is 6.31. The SMILES string of the molecule is Cn1nnc(COc2c(F)cc(Cl)c3c2[C@@H](CN2CC4(CC4)CC2=O)N(C(=O)O)CC3)c1C(F)F. The molecule has 1 atom stereocenters. The van der Waals surface area contributed by atoms with Gasteiger partial charge in [-0.05, 0) is 36.3 Å². The molecule has 1 aromatic carbocycles. The summed E-state index contributed by atoms with van der Waals surface area (Å²) in [7, 11) is 1.31. The van der Waals surface area contributed by atoms with Crippen molar-refractivity contribution in [1.82, 2.24) is 24.8 Å². The maximum absolute atomic E-state index is 15.2. The van der Waals surface area contributed by atoms with Gasteiger partial charge in [0.1, 0.15) is 18.0 Å². The molecule has 13 heteroatoms. The van der Waals surface area contributed by atoms with Crippen molar-refractivity contribution in [3.05, 3.63) is 39.4 Å². The highest BCUT2D eigenvalue weighted by Crippen LogP contribution is 2.54.